The Kier molecular flexibility index (Phi) is 5.85. The molecule has 0 aliphatic carbocycles. The van der Waals surface area contributed by atoms with Gasteiger partial charge in [0.1, 0.15) is 23.5 Å². The molecule has 2 aromatic carbocycles. The van der Waals surface area contributed by atoms with Gasteiger partial charge in [-0.2, -0.15) is 0 Å². The third-order valence-electron chi connectivity index (χ3n) is 6.07. The molecule has 36 heavy (non-hydrogen) atoms. The van der Waals surface area contributed by atoms with E-state index in [9.17, 15) is 24.2 Å². The largest absolute Gasteiger partial charge is 0.479 e. The van der Waals surface area contributed by atoms with E-state index >= 15 is 0 Å². The van der Waals surface area contributed by atoms with Crippen molar-refractivity contribution < 1.29 is 33.3 Å². The van der Waals surface area contributed by atoms with Crippen molar-refractivity contribution in [3.63, 3.8) is 0 Å². The van der Waals surface area contributed by atoms with Gasteiger partial charge in [-0.05, 0) is 55.3 Å². The van der Waals surface area contributed by atoms with Crippen molar-refractivity contribution in [2.24, 2.45) is 0 Å². The van der Waals surface area contributed by atoms with E-state index in [1.54, 1.807) is 48.5 Å². The fourth-order valence-electron chi connectivity index (χ4n) is 4.27. The first kappa shape index (κ1) is 23.0. The molecule has 0 unspecified atom stereocenters. The lowest BCUT2D eigenvalue weighted by atomic mass is 9.96. The minimum atomic E-state index is -2.01. The Morgan fingerprint density at radius 3 is 2.47 bits per heavy atom. The number of halogens is 1. The Morgan fingerprint density at radius 2 is 1.81 bits per heavy atom. The number of hydrogen-bond acceptors (Lipinski definition) is 7. The Bertz CT molecular complexity index is 1400. The lowest BCUT2D eigenvalue weighted by Gasteiger charge is -2.32. The van der Waals surface area contributed by atoms with E-state index in [1.807, 2.05) is 0 Å². The Balaban J connectivity index is 1.29. The number of hydrogen-bond donors (Lipinski definition) is 2. The van der Waals surface area contributed by atoms with Gasteiger partial charge >= 0.3 is 11.9 Å². The monoisotopic (exact) mass is 489 g/mol. The van der Waals surface area contributed by atoms with Crippen LogP contribution in [0.1, 0.15) is 12.8 Å². The molecule has 10 heteroatoms. The molecule has 1 aliphatic heterocycles. The molecule has 4 aromatic rings. The maximum Gasteiger partial charge on any atom is 0.341 e. The van der Waals surface area contributed by atoms with Gasteiger partial charge in [-0.25, -0.2) is 23.9 Å². The number of rotatable bonds is 7. The van der Waals surface area contributed by atoms with Gasteiger partial charge in [0.2, 0.25) is 17.3 Å². The van der Waals surface area contributed by atoms with Crippen molar-refractivity contribution in [2.45, 2.75) is 18.4 Å². The normalized spacial score (nSPS) is 14.5. The third kappa shape index (κ3) is 4.13. The van der Waals surface area contributed by atoms with Crippen molar-refractivity contribution in [1.82, 2.24) is 9.97 Å². The highest BCUT2D eigenvalue weighted by Gasteiger charge is 2.55. The second-order valence-corrected chi connectivity index (χ2v) is 8.26. The molecule has 3 heterocycles. The fourth-order valence-corrected chi connectivity index (χ4v) is 4.27. The number of aromatic nitrogens is 2. The van der Waals surface area contributed by atoms with Gasteiger partial charge in [0.25, 0.3) is 0 Å². The Labute approximate surface area is 204 Å². The second kappa shape index (κ2) is 9.14. The summed E-state index contributed by atoms with van der Waals surface area (Å²) in [5.74, 6) is -2.05. The highest BCUT2D eigenvalue weighted by molar-refractivity contribution is 6.07. The zero-order chi connectivity index (χ0) is 25.3. The molecule has 0 radical (unpaired) electrons. The van der Waals surface area contributed by atoms with Crippen molar-refractivity contribution in [3.8, 4) is 34.3 Å². The first-order valence-corrected chi connectivity index (χ1v) is 11.1. The third-order valence-corrected chi connectivity index (χ3v) is 6.07. The van der Waals surface area contributed by atoms with E-state index in [-0.39, 0.29) is 18.1 Å². The van der Waals surface area contributed by atoms with Crippen LogP contribution in [0.5, 0.6) is 11.6 Å². The first-order valence-electron chi connectivity index (χ1n) is 11.1. The predicted octanol–water partition coefficient (Wildman–Crippen LogP) is 4.84. The van der Waals surface area contributed by atoms with Gasteiger partial charge in [0, 0.05) is 23.7 Å². The molecule has 1 fully saturated rings. The topological polar surface area (TPSA) is 126 Å². The van der Waals surface area contributed by atoms with Crippen molar-refractivity contribution in [3.05, 3.63) is 78.9 Å². The summed E-state index contributed by atoms with van der Waals surface area (Å²) < 4.78 is 24.8. The maximum atomic E-state index is 13.5. The summed E-state index contributed by atoms with van der Waals surface area (Å²) in [6, 6.07) is 16.1. The lowest BCUT2D eigenvalue weighted by Crippen LogP contribution is -2.57. The molecule has 2 aromatic heterocycles. The maximum absolute atomic E-state index is 13.5. The number of oxazole rings is 1. The van der Waals surface area contributed by atoms with Crippen LogP contribution < -0.4 is 9.64 Å². The average Bonchev–Trinajstić information content (AvgIpc) is 3.54. The standard InChI is InChI=1S/C26H20FN3O6/c27-18-4-1-3-17(13-18)21-15-35-23(29-21)16-5-8-20(9-6-16)36-22-10-7-19(14-28-22)30-12-2-11-26(30,24(31)32)25(33)34/h1,3-10,13-15H,2,11-12H2,(H,31,32)(H,33,34). The van der Waals surface area contributed by atoms with Crippen molar-refractivity contribution in [2.75, 3.05) is 11.4 Å². The number of ether oxygens (including phenoxy) is 1. The van der Waals surface area contributed by atoms with Gasteiger partial charge in [-0.3, -0.25) is 0 Å². The highest BCUT2D eigenvalue weighted by atomic mass is 19.1. The minimum absolute atomic E-state index is 0.0104. The molecule has 0 spiro atoms. The summed E-state index contributed by atoms with van der Waals surface area (Å²) in [7, 11) is 0. The zero-order valence-electron chi connectivity index (χ0n) is 18.8. The summed E-state index contributed by atoms with van der Waals surface area (Å²) in [6.45, 7) is 0.295. The number of nitrogens with zero attached hydrogens (tertiary/aromatic N) is 3. The SMILES string of the molecule is O=C(O)C1(C(=O)O)CCCN1c1ccc(Oc2ccc(-c3nc(-c4cccc(F)c4)co3)cc2)nc1. The molecule has 5 rings (SSSR count). The smallest absolute Gasteiger partial charge is 0.341 e. The van der Waals surface area contributed by atoms with Crippen LogP contribution >= 0.6 is 0 Å². The van der Waals surface area contributed by atoms with Crippen LogP contribution in [0.25, 0.3) is 22.7 Å². The number of carboxylic acid groups (broad SMARTS) is 2. The Hall–Kier alpha value is -4.73. The summed E-state index contributed by atoms with van der Waals surface area (Å²) in [6.07, 6.45) is 3.31. The zero-order valence-corrected chi connectivity index (χ0v) is 18.8. The van der Waals surface area contributed by atoms with Crippen LogP contribution in [0.2, 0.25) is 0 Å². The van der Waals surface area contributed by atoms with E-state index in [0.717, 1.165) is 0 Å². The van der Waals surface area contributed by atoms with E-state index in [2.05, 4.69) is 9.97 Å². The summed E-state index contributed by atoms with van der Waals surface area (Å²) >= 11 is 0. The van der Waals surface area contributed by atoms with Gasteiger partial charge in [-0.15, -0.1) is 0 Å². The molecule has 2 N–H and O–H groups in total. The summed E-state index contributed by atoms with van der Waals surface area (Å²) in [5.41, 5.74) is 0.201. The molecule has 0 saturated carbocycles. The van der Waals surface area contributed by atoms with Crippen LogP contribution in [-0.4, -0.2) is 44.2 Å². The number of pyridine rings is 1. The van der Waals surface area contributed by atoms with E-state index in [1.165, 1.54) is 29.5 Å². The summed E-state index contributed by atoms with van der Waals surface area (Å²) in [5, 5.41) is 19.2. The predicted molar refractivity (Wildman–Crippen MR) is 126 cm³/mol. The van der Waals surface area contributed by atoms with Crippen molar-refractivity contribution in [1.29, 1.82) is 0 Å². The van der Waals surface area contributed by atoms with Crippen LogP contribution in [0.3, 0.4) is 0 Å². The van der Waals surface area contributed by atoms with E-state index in [0.29, 0.717) is 47.1 Å². The minimum Gasteiger partial charge on any atom is -0.479 e. The first-order chi connectivity index (χ1) is 17.4. The number of aliphatic carboxylic acids is 2. The molecule has 1 aliphatic rings. The van der Waals surface area contributed by atoms with E-state index in [4.69, 9.17) is 9.15 Å². The van der Waals surface area contributed by atoms with Gasteiger partial charge in [-0.1, -0.05) is 12.1 Å². The molecule has 0 atom stereocenters. The quantitative estimate of drug-likeness (QED) is 0.351. The van der Waals surface area contributed by atoms with Gasteiger partial charge in [0.15, 0.2) is 0 Å². The van der Waals surface area contributed by atoms with Gasteiger partial charge in [0.05, 0.1) is 11.9 Å². The fraction of sp³-hybridized carbons (Fsp3) is 0.154. The molecular weight excluding hydrogens is 469 g/mol. The van der Waals surface area contributed by atoms with Crippen LogP contribution in [0, 0.1) is 5.82 Å². The number of carbonyl (C=O) groups is 2. The Morgan fingerprint density at radius 1 is 1.03 bits per heavy atom. The number of carboxylic acids is 2. The molecule has 0 bridgehead atoms. The highest BCUT2D eigenvalue weighted by Crippen LogP contribution is 2.35. The molecule has 1 saturated heterocycles. The molecular formula is C26H20FN3O6. The van der Waals surface area contributed by atoms with Crippen LogP contribution in [0.15, 0.2) is 77.5 Å². The van der Waals surface area contributed by atoms with Crippen LogP contribution in [0.4, 0.5) is 10.1 Å². The van der Waals surface area contributed by atoms with Crippen LogP contribution in [-0.2, 0) is 9.59 Å². The summed E-state index contributed by atoms with van der Waals surface area (Å²) in [4.78, 5) is 33.5. The molecule has 0 amide bonds. The number of benzene rings is 2. The lowest BCUT2D eigenvalue weighted by molar-refractivity contribution is -0.156. The van der Waals surface area contributed by atoms with Crippen molar-refractivity contribution >= 4 is 17.6 Å². The molecule has 9 nitrogen and oxygen atoms in total. The second-order valence-electron chi connectivity index (χ2n) is 8.26. The van der Waals surface area contributed by atoms with E-state index < -0.39 is 17.5 Å². The molecule has 182 valence electrons. The number of anilines is 1. The average molecular weight is 489 g/mol. The van der Waals surface area contributed by atoms with Gasteiger partial charge < -0.3 is 24.3 Å².